The highest BCUT2D eigenvalue weighted by molar-refractivity contribution is 9.10. The number of aromatic nitrogens is 1. The molecule has 0 atom stereocenters. The van der Waals surface area contributed by atoms with E-state index in [0.717, 1.165) is 0 Å². The summed E-state index contributed by atoms with van der Waals surface area (Å²) in [7, 11) is -3.83. The number of nitrogens with zero attached hydrogens (tertiary/aromatic N) is 1. The van der Waals surface area contributed by atoms with Crippen molar-refractivity contribution in [1.29, 1.82) is 0 Å². The number of rotatable bonds is 3. The minimum atomic E-state index is -3.83. The molecule has 100 valence electrons. The second-order valence-corrected chi connectivity index (χ2v) is 6.60. The van der Waals surface area contributed by atoms with E-state index in [1.165, 1.54) is 18.3 Å². The van der Waals surface area contributed by atoms with Gasteiger partial charge in [-0.15, -0.1) is 0 Å². The summed E-state index contributed by atoms with van der Waals surface area (Å²) in [6.07, 6.45) is 1.44. The van der Waals surface area contributed by atoms with Crippen molar-refractivity contribution in [3.05, 3.63) is 46.0 Å². The Hall–Kier alpha value is -1.31. The Kier molecular flexibility index (Phi) is 3.98. The predicted octanol–water partition coefficient (Wildman–Crippen LogP) is 2.88. The van der Waals surface area contributed by atoms with Crippen molar-refractivity contribution in [2.75, 3.05) is 10.5 Å². The summed E-state index contributed by atoms with van der Waals surface area (Å²) < 4.78 is 27.3. The van der Waals surface area contributed by atoms with E-state index in [2.05, 4.69) is 25.6 Å². The molecular formula is C11H9BrClN3O2S. The minimum Gasteiger partial charge on any atom is -0.396 e. The predicted molar refractivity (Wildman–Crippen MR) is 78.6 cm³/mol. The monoisotopic (exact) mass is 361 g/mol. The summed E-state index contributed by atoms with van der Waals surface area (Å²) in [5, 5.41) is 0.108. The van der Waals surface area contributed by atoms with E-state index in [1.54, 1.807) is 18.2 Å². The Bertz CT molecular complexity index is 722. The highest BCUT2D eigenvalue weighted by atomic mass is 79.9. The summed E-state index contributed by atoms with van der Waals surface area (Å²) in [6, 6.07) is 7.64. The third-order valence-corrected chi connectivity index (χ3v) is 4.57. The maximum absolute atomic E-state index is 12.2. The fraction of sp³-hybridized carbons (Fsp3) is 0. The molecule has 0 aliphatic rings. The average molecular weight is 363 g/mol. The molecule has 8 heteroatoms. The number of hydrogen-bond donors (Lipinski definition) is 2. The van der Waals surface area contributed by atoms with E-state index >= 15 is 0 Å². The molecule has 2 aromatic rings. The van der Waals surface area contributed by atoms with Crippen LogP contribution in [0.1, 0.15) is 0 Å². The molecule has 0 unspecified atom stereocenters. The van der Waals surface area contributed by atoms with Crippen LogP contribution in [-0.2, 0) is 10.0 Å². The van der Waals surface area contributed by atoms with E-state index in [-0.39, 0.29) is 21.4 Å². The third kappa shape index (κ3) is 3.17. The molecular weight excluding hydrogens is 354 g/mol. The van der Waals surface area contributed by atoms with Gasteiger partial charge in [-0.25, -0.2) is 13.4 Å². The molecule has 1 aromatic carbocycles. The number of nitrogen functional groups attached to an aromatic ring is 1. The quantitative estimate of drug-likeness (QED) is 0.879. The van der Waals surface area contributed by atoms with Gasteiger partial charge in [-0.05, 0) is 30.3 Å². The maximum Gasteiger partial charge on any atom is 0.264 e. The normalized spacial score (nSPS) is 11.3. The zero-order valence-electron chi connectivity index (χ0n) is 9.47. The standard InChI is InChI=1S/C11H9BrClN3O2S/c12-7-3-4-10(8(13)6-7)19(17,18)16-11-9(14)2-1-5-15-11/h1-6H,14H2,(H,15,16). The smallest absolute Gasteiger partial charge is 0.264 e. The van der Waals surface area contributed by atoms with Gasteiger partial charge in [0.1, 0.15) is 4.90 Å². The summed E-state index contributed by atoms with van der Waals surface area (Å²) >= 11 is 9.13. The first-order chi connectivity index (χ1) is 8.90. The molecule has 0 spiro atoms. The zero-order chi connectivity index (χ0) is 14.0. The minimum absolute atomic E-state index is 0.0394. The number of anilines is 2. The summed E-state index contributed by atoms with van der Waals surface area (Å²) in [5.41, 5.74) is 5.87. The van der Waals surface area contributed by atoms with Crippen molar-refractivity contribution in [3.63, 3.8) is 0 Å². The molecule has 0 aliphatic carbocycles. The van der Waals surface area contributed by atoms with Crippen molar-refractivity contribution in [2.24, 2.45) is 0 Å². The Morgan fingerprint density at radius 2 is 2.05 bits per heavy atom. The molecule has 2 rings (SSSR count). The Morgan fingerprint density at radius 1 is 1.32 bits per heavy atom. The van der Waals surface area contributed by atoms with Gasteiger partial charge in [0, 0.05) is 10.7 Å². The number of nitrogens with two attached hydrogens (primary N) is 1. The molecule has 1 heterocycles. The summed E-state index contributed by atoms with van der Waals surface area (Å²) in [4.78, 5) is 3.83. The van der Waals surface area contributed by atoms with E-state index < -0.39 is 10.0 Å². The first kappa shape index (κ1) is 14.1. The van der Waals surface area contributed by atoms with Crippen molar-refractivity contribution < 1.29 is 8.42 Å². The zero-order valence-corrected chi connectivity index (χ0v) is 12.6. The molecule has 19 heavy (non-hydrogen) atoms. The van der Waals surface area contributed by atoms with Gasteiger partial charge in [0.2, 0.25) is 0 Å². The van der Waals surface area contributed by atoms with Crippen LogP contribution in [-0.4, -0.2) is 13.4 Å². The van der Waals surface area contributed by atoms with Crippen LogP contribution in [0.2, 0.25) is 5.02 Å². The number of benzene rings is 1. The molecule has 0 saturated heterocycles. The van der Waals surface area contributed by atoms with Gasteiger partial charge in [0.25, 0.3) is 10.0 Å². The van der Waals surface area contributed by atoms with Crippen molar-refractivity contribution >= 4 is 49.1 Å². The molecule has 5 nitrogen and oxygen atoms in total. The summed E-state index contributed by atoms with van der Waals surface area (Å²) in [5.74, 6) is 0.0708. The SMILES string of the molecule is Nc1cccnc1NS(=O)(=O)c1ccc(Br)cc1Cl. The average Bonchev–Trinajstić information content (AvgIpc) is 2.31. The van der Waals surface area contributed by atoms with E-state index in [9.17, 15) is 8.42 Å². The van der Waals surface area contributed by atoms with E-state index in [1.807, 2.05) is 0 Å². The van der Waals surface area contributed by atoms with Crippen molar-refractivity contribution in [3.8, 4) is 0 Å². The van der Waals surface area contributed by atoms with Crippen LogP contribution in [0.5, 0.6) is 0 Å². The van der Waals surface area contributed by atoms with Crippen LogP contribution in [0.4, 0.5) is 11.5 Å². The highest BCUT2D eigenvalue weighted by Gasteiger charge is 2.19. The highest BCUT2D eigenvalue weighted by Crippen LogP contribution is 2.27. The van der Waals surface area contributed by atoms with Gasteiger partial charge in [0.15, 0.2) is 5.82 Å². The van der Waals surface area contributed by atoms with Gasteiger partial charge >= 0.3 is 0 Å². The van der Waals surface area contributed by atoms with Crippen LogP contribution in [0.3, 0.4) is 0 Å². The Morgan fingerprint density at radius 3 is 2.68 bits per heavy atom. The van der Waals surface area contributed by atoms with E-state index in [4.69, 9.17) is 17.3 Å². The third-order valence-electron chi connectivity index (χ3n) is 2.25. The Labute approximate surface area is 124 Å². The summed E-state index contributed by atoms with van der Waals surface area (Å²) in [6.45, 7) is 0. The number of nitrogens with one attached hydrogen (secondary N) is 1. The van der Waals surface area contributed by atoms with Crippen LogP contribution in [0.15, 0.2) is 45.9 Å². The van der Waals surface area contributed by atoms with Gasteiger partial charge in [-0.2, -0.15) is 0 Å². The molecule has 0 amide bonds. The lowest BCUT2D eigenvalue weighted by atomic mass is 10.4. The largest absolute Gasteiger partial charge is 0.396 e. The van der Waals surface area contributed by atoms with Crippen LogP contribution >= 0.6 is 27.5 Å². The number of pyridine rings is 1. The lowest BCUT2D eigenvalue weighted by Gasteiger charge is -2.10. The lowest BCUT2D eigenvalue weighted by molar-refractivity contribution is 0.601. The first-order valence-electron chi connectivity index (χ1n) is 5.08. The van der Waals surface area contributed by atoms with Gasteiger partial charge in [-0.1, -0.05) is 27.5 Å². The first-order valence-corrected chi connectivity index (χ1v) is 7.74. The van der Waals surface area contributed by atoms with Crippen LogP contribution < -0.4 is 10.5 Å². The topological polar surface area (TPSA) is 85.1 Å². The molecule has 0 fully saturated rings. The fourth-order valence-electron chi connectivity index (χ4n) is 1.38. The molecule has 0 aliphatic heterocycles. The second kappa shape index (κ2) is 5.36. The number of sulfonamides is 1. The fourth-order valence-corrected chi connectivity index (χ4v) is 3.45. The molecule has 0 saturated carbocycles. The maximum atomic E-state index is 12.2. The molecule has 3 N–H and O–H groups in total. The van der Waals surface area contributed by atoms with Crippen molar-refractivity contribution in [1.82, 2.24) is 4.98 Å². The Balaban J connectivity index is 2.41. The van der Waals surface area contributed by atoms with Crippen LogP contribution in [0.25, 0.3) is 0 Å². The second-order valence-electron chi connectivity index (χ2n) is 3.62. The van der Waals surface area contributed by atoms with E-state index in [0.29, 0.717) is 4.47 Å². The van der Waals surface area contributed by atoms with Gasteiger partial charge in [0.05, 0.1) is 10.7 Å². The molecule has 1 aromatic heterocycles. The molecule has 0 radical (unpaired) electrons. The van der Waals surface area contributed by atoms with Gasteiger partial charge < -0.3 is 5.73 Å². The number of halogens is 2. The van der Waals surface area contributed by atoms with Crippen molar-refractivity contribution in [2.45, 2.75) is 4.90 Å². The molecule has 0 bridgehead atoms. The van der Waals surface area contributed by atoms with Gasteiger partial charge in [-0.3, -0.25) is 4.72 Å². The number of hydrogen-bond acceptors (Lipinski definition) is 4. The lowest BCUT2D eigenvalue weighted by Crippen LogP contribution is -2.15. The van der Waals surface area contributed by atoms with Crippen LogP contribution in [0, 0.1) is 0 Å².